The van der Waals surface area contributed by atoms with Gasteiger partial charge in [-0.15, -0.1) is 11.3 Å². The number of carbonyl (C=O) groups is 2. The lowest BCUT2D eigenvalue weighted by Crippen LogP contribution is -2.42. The van der Waals surface area contributed by atoms with Gasteiger partial charge in [0.2, 0.25) is 5.91 Å². The van der Waals surface area contributed by atoms with E-state index in [1.54, 1.807) is 22.3 Å². The van der Waals surface area contributed by atoms with Crippen LogP contribution in [-0.4, -0.2) is 30.9 Å². The van der Waals surface area contributed by atoms with E-state index in [-0.39, 0.29) is 18.4 Å². The Balaban J connectivity index is 1.45. The second kappa shape index (κ2) is 8.09. The second-order valence-corrected chi connectivity index (χ2v) is 6.94. The van der Waals surface area contributed by atoms with Crippen LogP contribution in [0.4, 0.5) is 5.69 Å². The topological polar surface area (TPSA) is 75.4 Å². The number of anilines is 1. The molecule has 3 rings (SSSR count). The van der Waals surface area contributed by atoms with Crippen LogP contribution in [0.15, 0.2) is 53.9 Å². The summed E-state index contributed by atoms with van der Waals surface area (Å²) >= 11 is 1.59. The summed E-state index contributed by atoms with van der Waals surface area (Å²) in [6.07, 6.45) is 4.58. The third kappa shape index (κ3) is 4.35. The maximum absolute atomic E-state index is 12.3. The van der Waals surface area contributed by atoms with Crippen LogP contribution in [-0.2, 0) is 22.4 Å². The first-order valence-corrected chi connectivity index (χ1v) is 9.15. The Morgan fingerprint density at radius 1 is 1.28 bits per heavy atom. The number of benzene rings is 1. The van der Waals surface area contributed by atoms with Crippen molar-refractivity contribution >= 4 is 28.8 Å². The zero-order chi connectivity index (χ0) is 17.6. The van der Waals surface area contributed by atoms with E-state index < -0.39 is 6.04 Å². The minimum Gasteiger partial charge on any atom is -0.351 e. The van der Waals surface area contributed by atoms with E-state index >= 15 is 0 Å². The highest BCUT2D eigenvalue weighted by Gasteiger charge is 2.22. The molecular weight excluding hydrogens is 334 g/mol. The summed E-state index contributed by atoms with van der Waals surface area (Å²) < 4.78 is 0. The minimum atomic E-state index is -0.576. The normalized spacial score (nSPS) is 14.5. The monoisotopic (exact) mass is 355 g/mol. The van der Waals surface area contributed by atoms with E-state index in [2.05, 4.69) is 5.32 Å². The summed E-state index contributed by atoms with van der Waals surface area (Å²) in [5, 5.41) is 4.71. The van der Waals surface area contributed by atoms with Gasteiger partial charge in [0.1, 0.15) is 0 Å². The number of amides is 2. The van der Waals surface area contributed by atoms with Gasteiger partial charge in [0.15, 0.2) is 0 Å². The number of hydrogen-bond acceptors (Lipinski definition) is 4. The van der Waals surface area contributed by atoms with Crippen LogP contribution in [0.3, 0.4) is 0 Å². The van der Waals surface area contributed by atoms with Crippen LogP contribution in [0.5, 0.6) is 0 Å². The Bertz CT molecular complexity index is 771. The molecule has 25 heavy (non-hydrogen) atoms. The maximum atomic E-state index is 12.3. The molecule has 0 radical (unpaired) electrons. The van der Waals surface area contributed by atoms with E-state index in [0.29, 0.717) is 13.0 Å². The van der Waals surface area contributed by atoms with E-state index in [4.69, 9.17) is 5.73 Å². The molecule has 130 valence electrons. The van der Waals surface area contributed by atoms with Gasteiger partial charge in [0.05, 0.1) is 6.04 Å². The second-order valence-electron chi connectivity index (χ2n) is 5.91. The van der Waals surface area contributed by atoms with Crippen molar-refractivity contribution in [1.82, 2.24) is 5.32 Å². The van der Waals surface area contributed by atoms with Gasteiger partial charge in [-0.05, 0) is 29.5 Å². The number of nitrogens with one attached hydrogen (secondary N) is 1. The third-order valence-electron chi connectivity index (χ3n) is 4.15. The largest absolute Gasteiger partial charge is 0.351 e. The molecular formula is C19H21N3O2S. The quantitative estimate of drug-likeness (QED) is 0.777. The highest BCUT2D eigenvalue weighted by Crippen LogP contribution is 2.27. The Labute approximate surface area is 151 Å². The summed E-state index contributed by atoms with van der Waals surface area (Å²) in [5.74, 6) is -0.279. The molecule has 1 aromatic carbocycles. The minimum absolute atomic E-state index is 0.0675. The van der Waals surface area contributed by atoms with Gasteiger partial charge >= 0.3 is 0 Å². The molecule has 1 aliphatic rings. The number of hydrogen-bond donors (Lipinski definition) is 2. The summed E-state index contributed by atoms with van der Waals surface area (Å²) in [5.41, 5.74) is 8.06. The summed E-state index contributed by atoms with van der Waals surface area (Å²) in [4.78, 5) is 27.1. The van der Waals surface area contributed by atoms with Crippen molar-refractivity contribution in [2.45, 2.75) is 18.9 Å². The van der Waals surface area contributed by atoms with Gasteiger partial charge in [-0.25, -0.2) is 0 Å². The summed E-state index contributed by atoms with van der Waals surface area (Å²) in [6.45, 7) is 0.985. The molecule has 6 heteroatoms. The molecule has 0 bridgehead atoms. The van der Waals surface area contributed by atoms with E-state index in [0.717, 1.165) is 17.0 Å². The summed E-state index contributed by atoms with van der Waals surface area (Å²) in [7, 11) is 0. The lowest BCUT2D eigenvalue weighted by molar-refractivity contribution is -0.122. The standard InChI is InChI=1S/C19H21N3O2S/c20-16(13-15-6-4-12-25-15)19(24)21-10-3-8-18(23)22-11-9-14-5-1-2-7-17(14)22/h1-8,12,16H,9-11,13,20H2,(H,21,24). The van der Waals surface area contributed by atoms with Crippen LogP contribution in [0.25, 0.3) is 0 Å². The fourth-order valence-corrected chi connectivity index (χ4v) is 3.61. The number of fused-ring (bicyclic) bond motifs is 1. The van der Waals surface area contributed by atoms with Gasteiger partial charge in [-0.3, -0.25) is 9.59 Å². The molecule has 3 N–H and O–H groups in total. The number of thiophene rings is 1. The Morgan fingerprint density at radius 3 is 2.92 bits per heavy atom. The molecule has 1 aliphatic heterocycles. The molecule has 0 aliphatic carbocycles. The average molecular weight is 355 g/mol. The van der Waals surface area contributed by atoms with Crippen molar-refractivity contribution in [2.24, 2.45) is 5.73 Å². The molecule has 0 saturated carbocycles. The highest BCUT2D eigenvalue weighted by molar-refractivity contribution is 7.09. The fourth-order valence-electron chi connectivity index (χ4n) is 2.85. The molecule has 1 aromatic heterocycles. The predicted octanol–water partition coefficient (Wildman–Crippen LogP) is 1.88. The fraction of sp³-hybridized carbons (Fsp3) is 0.263. The van der Waals surface area contributed by atoms with Crippen LogP contribution in [0, 0.1) is 0 Å². The smallest absolute Gasteiger partial charge is 0.250 e. The number of para-hydroxylation sites is 1. The average Bonchev–Trinajstić information content (AvgIpc) is 3.27. The Morgan fingerprint density at radius 2 is 2.12 bits per heavy atom. The molecule has 1 atom stereocenters. The van der Waals surface area contributed by atoms with Gasteiger partial charge in [0.25, 0.3) is 5.91 Å². The lowest BCUT2D eigenvalue weighted by atomic mass is 10.2. The molecule has 2 aromatic rings. The summed E-state index contributed by atoms with van der Waals surface area (Å²) in [6, 6.07) is 11.2. The van der Waals surface area contributed by atoms with Crippen LogP contribution in [0.1, 0.15) is 10.4 Å². The first kappa shape index (κ1) is 17.4. The highest BCUT2D eigenvalue weighted by atomic mass is 32.1. The molecule has 2 amide bonds. The number of nitrogens with two attached hydrogens (primary N) is 1. The predicted molar refractivity (Wildman–Crippen MR) is 101 cm³/mol. The molecule has 0 spiro atoms. The van der Waals surface area contributed by atoms with Crippen molar-refractivity contribution in [3.05, 3.63) is 64.4 Å². The van der Waals surface area contributed by atoms with Crippen molar-refractivity contribution in [3.63, 3.8) is 0 Å². The van der Waals surface area contributed by atoms with Crippen molar-refractivity contribution in [3.8, 4) is 0 Å². The Kier molecular flexibility index (Phi) is 5.63. The van der Waals surface area contributed by atoms with Crippen molar-refractivity contribution in [2.75, 3.05) is 18.0 Å². The molecule has 2 heterocycles. The first-order chi connectivity index (χ1) is 12.1. The molecule has 1 unspecified atom stereocenters. The van der Waals surface area contributed by atoms with Gasteiger partial charge in [0, 0.05) is 36.2 Å². The van der Waals surface area contributed by atoms with Gasteiger partial charge in [-0.1, -0.05) is 30.3 Å². The zero-order valence-corrected chi connectivity index (χ0v) is 14.7. The van der Waals surface area contributed by atoms with E-state index in [9.17, 15) is 9.59 Å². The third-order valence-corrected chi connectivity index (χ3v) is 5.04. The van der Waals surface area contributed by atoms with Crippen LogP contribution < -0.4 is 16.0 Å². The van der Waals surface area contributed by atoms with Crippen molar-refractivity contribution in [1.29, 1.82) is 0 Å². The maximum Gasteiger partial charge on any atom is 0.250 e. The number of rotatable bonds is 6. The Hall–Kier alpha value is -2.44. The lowest BCUT2D eigenvalue weighted by Gasteiger charge is -2.15. The van der Waals surface area contributed by atoms with Crippen LogP contribution >= 0.6 is 11.3 Å². The van der Waals surface area contributed by atoms with E-state index in [1.165, 1.54) is 11.6 Å². The van der Waals surface area contributed by atoms with Crippen molar-refractivity contribution < 1.29 is 9.59 Å². The molecule has 0 saturated heterocycles. The SMILES string of the molecule is NC(Cc1cccs1)C(=O)NCC=CC(=O)N1CCc2ccccc21. The van der Waals surface area contributed by atoms with E-state index in [1.807, 2.05) is 41.8 Å². The van der Waals surface area contributed by atoms with Gasteiger partial charge < -0.3 is 16.0 Å². The number of carbonyl (C=O) groups excluding carboxylic acids is 2. The van der Waals surface area contributed by atoms with Gasteiger partial charge in [-0.2, -0.15) is 0 Å². The molecule has 5 nitrogen and oxygen atoms in total. The van der Waals surface area contributed by atoms with Crippen LogP contribution in [0.2, 0.25) is 0 Å². The molecule has 0 fully saturated rings. The first-order valence-electron chi connectivity index (χ1n) is 8.27. The number of nitrogens with zero attached hydrogens (tertiary/aromatic N) is 1. The zero-order valence-electron chi connectivity index (χ0n) is 13.9.